The number of halogens is 1. The van der Waals surface area contributed by atoms with Gasteiger partial charge in [0.25, 0.3) is 0 Å². The summed E-state index contributed by atoms with van der Waals surface area (Å²) >= 11 is 5.98. The van der Waals surface area contributed by atoms with Crippen LogP contribution in [0.5, 0.6) is 0 Å². The van der Waals surface area contributed by atoms with Crippen LogP contribution in [0.15, 0.2) is 50.0 Å². The van der Waals surface area contributed by atoms with Crippen molar-refractivity contribution in [3.8, 4) is 0 Å². The number of aliphatic carboxylic acids is 1. The molecule has 10 heteroatoms. The summed E-state index contributed by atoms with van der Waals surface area (Å²) < 4.78 is 11.3. The van der Waals surface area contributed by atoms with Crippen molar-refractivity contribution in [1.82, 2.24) is 10.6 Å². The van der Waals surface area contributed by atoms with Crippen molar-refractivity contribution in [3.63, 3.8) is 0 Å². The molecule has 0 aliphatic carbocycles. The Morgan fingerprint density at radius 3 is 2.17 bits per heavy atom. The van der Waals surface area contributed by atoms with E-state index in [-0.39, 0.29) is 24.3 Å². The van der Waals surface area contributed by atoms with Crippen molar-refractivity contribution < 1.29 is 28.3 Å². The van der Waals surface area contributed by atoms with Crippen molar-refractivity contribution in [1.29, 1.82) is 0 Å². The predicted molar refractivity (Wildman–Crippen MR) is 152 cm³/mol. The molecule has 40 heavy (non-hydrogen) atoms. The number of benzene rings is 2. The normalized spacial score (nSPS) is 13.0. The molecule has 0 aliphatic rings. The second-order valence-electron chi connectivity index (χ2n) is 10.3. The number of carbonyl (C=O) groups excluding carboxylic acids is 2. The number of aryl methyl sites for hydroxylation is 3. The van der Waals surface area contributed by atoms with Gasteiger partial charge in [0.05, 0.1) is 12.0 Å². The zero-order valence-electron chi connectivity index (χ0n) is 22.9. The molecule has 4 aromatic rings. The Hall–Kier alpha value is -4.11. The second-order valence-corrected chi connectivity index (χ2v) is 10.8. The lowest BCUT2D eigenvalue weighted by Crippen LogP contribution is -2.54. The van der Waals surface area contributed by atoms with Gasteiger partial charge in [-0.1, -0.05) is 37.6 Å². The Labute approximate surface area is 235 Å². The van der Waals surface area contributed by atoms with Crippen LogP contribution < -0.4 is 16.3 Å². The summed E-state index contributed by atoms with van der Waals surface area (Å²) in [5, 5.41) is 16.8. The van der Waals surface area contributed by atoms with E-state index in [4.69, 9.17) is 20.4 Å². The molecule has 210 valence electrons. The van der Waals surface area contributed by atoms with Crippen LogP contribution in [0, 0.1) is 26.7 Å². The minimum Gasteiger partial charge on any atom is -0.480 e. The highest BCUT2D eigenvalue weighted by molar-refractivity contribution is 6.30. The number of nitrogens with one attached hydrogen (secondary N) is 2. The summed E-state index contributed by atoms with van der Waals surface area (Å²) in [5.41, 5.74) is 2.72. The molecule has 4 rings (SSSR count). The van der Waals surface area contributed by atoms with Crippen LogP contribution in [0.2, 0.25) is 5.02 Å². The zero-order valence-corrected chi connectivity index (χ0v) is 23.6. The zero-order chi connectivity index (χ0) is 29.3. The van der Waals surface area contributed by atoms with Gasteiger partial charge in [-0.3, -0.25) is 9.59 Å². The third kappa shape index (κ3) is 6.04. The van der Waals surface area contributed by atoms with E-state index in [1.54, 1.807) is 51.1 Å². The van der Waals surface area contributed by atoms with Gasteiger partial charge in [0.2, 0.25) is 11.8 Å². The third-order valence-corrected chi connectivity index (χ3v) is 7.41. The Morgan fingerprint density at radius 2 is 1.55 bits per heavy atom. The van der Waals surface area contributed by atoms with Crippen molar-refractivity contribution in [2.75, 3.05) is 0 Å². The van der Waals surface area contributed by atoms with Gasteiger partial charge in [0.1, 0.15) is 29.0 Å². The smallest absolute Gasteiger partial charge is 0.340 e. The maximum atomic E-state index is 13.2. The van der Waals surface area contributed by atoms with E-state index >= 15 is 0 Å². The first kappa shape index (κ1) is 28.9. The summed E-state index contributed by atoms with van der Waals surface area (Å²) in [6.45, 7) is 8.89. The van der Waals surface area contributed by atoms with E-state index in [9.17, 15) is 24.3 Å². The topological polar surface area (TPSA) is 139 Å². The molecule has 2 aromatic heterocycles. The number of furan rings is 1. The van der Waals surface area contributed by atoms with Gasteiger partial charge in [-0.25, -0.2) is 9.59 Å². The lowest BCUT2D eigenvalue weighted by molar-refractivity contribution is -0.143. The summed E-state index contributed by atoms with van der Waals surface area (Å²) in [7, 11) is 0. The van der Waals surface area contributed by atoms with Gasteiger partial charge in [-0.05, 0) is 61.6 Å². The first-order chi connectivity index (χ1) is 18.8. The third-order valence-electron chi connectivity index (χ3n) is 7.16. The molecule has 0 spiro atoms. The fourth-order valence-corrected chi connectivity index (χ4v) is 4.79. The van der Waals surface area contributed by atoms with Gasteiger partial charge in [0, 0.05) is 28.3 Å². The molecule has 9 nitrogen and oxygen atoms in total. The van der Waals surface area contributed by atoms with Crippen LogP contribution in [0.3, 0.4) is 0 Å². The van der Waals surface area contributed by atoms with Crippen LogP contribution in [-0.2, 0) is 27.2 Å². The van der Waals surface area contributed by atoms with Gasteiger partial charge in [-0.2, -0.15) is 0 Å². The van der Waals surface area contributed by atoms with Crippen molar-refractivity contribution >= 4 is 51.3 Å². The molecule has 2 amide bonds. The largest absolute Gasteiger partial charge is 0.480 e. The number of fused-ring (bicyclic) bond motifs is 2. The van der Waals surface area contributed by atoms with Crippen LogP contribution in [0.4, 0.5) is 0 Å². The number of hydrogen-bond acceptors (Lipinski definition) is 6. The average molecular weight is 567 g/mol. The number of carboxylic acid groups (broad SMARTS) is 1. The summed E-state index contributed by atoms with van der Waals surface area (Å²) in [6.07, 6.45) is -0.246. The monoisotopic (exact) mass is 566 g/mol. The minimum absolute atomic E-state index is 0.0849. The Kier molecular flexibility index (Phi) is 8.34. The Bertz CT molecular complexity index is 1670. The Morgan fingerprint density at radius 1 is 0.925 bits per heavy atom. The molecule has 0 bridgehead atoms. The quantitative estimate of drug-likeness (QED) is 0.251. The fourth-order valence-electron chi connectivity index (χ4n) is 4.67. The molecule has 1 unspecified atom stereocenters. The SMILES string of the molecule is Cc1oc2cc3oc(=O)c(CC(=O)NC(Cc4ccc(Cl)cc4)C(=O)N[C@H](C(=O)O)C(C)C)c(C)c3cc2c1C. The molecule has 0 fully saturated rings. The van der Waals surface area contributed by atoms with Crippen LogP contribution in [-0.4, -0.2) is 35.0 Å². The predicted octanol–water partition coefficient (Wildman–Crippen LogP) is 4.61. The van der Waals surface area contributed by atoms with Crippen molar-refractivity contribution in [2.24, 2.45) is 5.92 Å². The number of hydrogen-bond donors (Lipinski definition) is 3. The summed E-state index contributed by atoms with van der Waals surface area (Å²) in [6, 6.07) is 8.06. The van der Waals surface area contributed by atoms with Crippen molar-refractivity contribution in [2.45, 2.75) is 59.5 Å². The molecular weight excluding hydrogens is 536 g/mol. The van der Waals surface area contributed by atoms with E-state index in [0.29, 0.717) is 32.7 Å². The molecule has 0 saturated carbocycles. The first-order valence-corrected chi connectivity index (χ1v) is 13.3. The number of carboxylic acids is 1. The van der Waals surface area contributed by atoms with Gasteiger partial charge < -0.3 is 24.6 Å². The van der Waals surface area contributed by atoms with Gasteiger partial charge in [-0.15, -0.1) is 0 Å². The summed E-state index contributed by atoms with van der Waals surface area (Å²) in [4.78, 5) is 51.0. The molecule has 2 atom stereocenters. The maximum Gasteiger partial charge on any atom is 0.340 e. The highest BCUT2D eigenvalue weighted by atomic mass is 35.5. The van der Waals surface area contributed by atoms with Gasteiger partial charge >= 0.3 is 11.6 Å². The van der Waals surface area contributed by atoms with E-state index in [2.05, 4.69) is 10.6 Å². The highest BCUT2D eigenvalue weighted by Crippen LogP contribution is 2.31. The van der Waals surface area contributed by atoms with Crippen LogP contribution in [0.1, 0.15) is 41.9 Å². The van der Waals surface area contributed by atoms with Gasteiger partial charge in [0.15, 0.2) is 0 Å². The van der Waals surface area contributed by atoms with E-state index in [1.165, 1.54) is 0 Å². The molecular formula is C30H31ClN2O7. The summed E-state index contributed by atoms with van der Waals surface area (Å²) in [5.74, 6) is -2.04. The molecule has 0 saturated heterocycles. The van der Waals surface area contributed by atoms with E-state index in [0.717, 1.165) is 16.7 Å². The highest BCUT2D eigenvalue weighted by Gasteiger charge is 2.29. The second kappa shape index (κ2) is 11.6. The average Bonchev–Trinajstić information content (AvgIpc) is 3.16. The molecule has 3 N–H and O–H groups in total. The van der Waals surface area contributed by atoms with Crippen LogP contribution in [0.25, 0.3) is 21.9 Å². The maximum absolute atomic E-state index is 13.2. The first-order valence-electron chi connectivity index (χ1n) is 12.9. The minimum atomic E-state index is -1.18. The molecule has 2 heterocycles. The molecule has 2 aromatic carbocycles. The number of carbonyl (C=O) groups is 3. The Balaban J connectivity index is 1.62. The van der Waals surface area contributed by atoms with Crippen molar-refractivity contribution in [3.05, 3.63) is 79.9 Å². The lowest BCUT2D eigenvalue weighted by Gasteiger charge is -2.23. The standard InChI is InChI=1S/C30H31ClN2O7/c1-14(2)27(29(36)37)33-28(35)23(10-18-6-8-19(31)9-7-18)32-26(34)12-22-16(4)21-11-20-15(3)17(5)39-24(20)13-25(21)40-30(22)38/h6-9,11,13-14,23,27H,10,12H2,1-5H3,(H,32,34)(H,33,35)(H,36,37)/t23?,27-/m0/s1. The van der Waals surface area contributed by atoms with E-state index < -0.39 is 35.5 Å². The molecule has 0 aliphatic heterocycles. The lowest BCUT2D eigenvalue weighted by atomic mass is 10.00. The number of rotatable bonds is 9. The van der Waals surface area contributed by atoms with Crippen LogP contribution >= 0.6 is 11.6 Å². The fraction of sp³-hybridized carbons (Fsp3) is 0.333. The van der Waals surface area contributed by atoms with E-state index in [1.807, 2.05) is 19.9 Å². The number of amides is 2. The molecule has 0 radical (unpaired) electrons.